The lowest BCUT2D eigenvalue weighted by Gasteiger charge is -2.17. The van der Waals surface area contributed by atoms with Crippen molar-refractivity contribution in [2.45, 2.75) is 57.8 Å². The molecule has 0 saturated carbocycles. The van der Waals surface area contributed by atoms with Crippen molar-refractivity contribution in [2.75, 3.05) is 13.2 Å². The average molecular weight is 307 g/mol. The Morgan fingerprint density at radius 2 is 1.86 bits per heavy atom. The van der Waals surface area contributed by atoms with Crippen molar-refractivity contribution in [1.82, 2.24) is 15.5 Å². The fraction of sp³-hybridized carbons (Fsp3) is 0.688. The number of hydrogen-bond donors (Lipinski definition) is 3. The number of hydrogen-bond acceptors (Lipinski definition) is 4. The molecule has 0 spiro atoms. The second-order valence-electron chi connectivity index (χ2n) is 5.83. The zero-order valence-corrected chi connectivity index (χ0v) is 13.0. The van der Waals surface area contributed by atoms with Crippen LogP contribution >= 0.6 is 0 Å². The topological polar surface area (TPSA) is 95.1 Å². The van der Waals surface area contributed by atoms with Gasteiger partial charge in [-0.1, -0.05) is 12.8 Å². The van der Waals surface area contributed by atoms with Crippen molar-refractivity contribution < 1.29 is 9.90 Å². The Labute approximate surface area is 130 Å². The largest absolute Gasteiger partial charge is 0.396 e. The van der Waals surface area contributed by atoms with Gasteiger partial charge in [-0.15, -0.1) is 0 Å². The molecule has 6 nitrogen and oxygen atoms in total. The molecular formula is C16H25N3O3. The smallest absolute Gasteiger partial charge is 0.267 e. The van der Waals surface area contributed by atoms with Crippen LogP contribution in [0.4, 0.5) is 0 Å². The highest BCUT2D eigenvalue weighted by Gasteiger charge is 2.19. The molecule has 1 aliphatic carbocycles. The first-order valence-electron chi connectivity index (χ1n) is 8.19. The van der Waals surface area contributed by atoms with E-state index in [9.17, 15) is 9.59 Å². The van der Waals surface area contributed by atoms with Gasteiger partial charge >= 0.3 is 0 Å². The Balaban J connectivity index is 1.83. The third-order valence-corrected chi connectivity index (χ3v) is 4.12. The molecule has 0 aliphatic heterocycles. The number of unbranched alkanes of at least 4 members (excludes halogenated alkanes) is 3. The summed E-state index contributed by atoms with van der Waals surface area (Å²) in [4.78, 5) is 23.8. The zero-order valence-electron chi connectivity index (χ0n) is 13.0. The molecule has 22 heavy (non-hydrogen) atoms. The van der Waals surface area contributed by atoms with Crippen LogP contribution in [0.25, 0.3) is 0 Å². The van der Waals surface area contributed by atoms with Crippen molar-refractivity contribution >= 4 is 5.91 Å². The minimum Gasteiger partial charge on any atom is -0.396 e. The molecule has 0 fully saturated rings. The lowest BCUT2D eigenvalue weighted by molar-refractivity contribution is -0.120. The number of nitrogens with zero attached hydrogens (tertiary/aromatic N) is 1. The van der Waals surface area contributed by atoms with Gasteiger partial charge < -0.3 is 10.4 Å². The molecule has 0 aromatic carbocycles. The Bertz CT molecular complexity index is 554. The molecule has 2 rings (SSSR count). The number of amides is 1. The highest BCUT2D eigenvalue weighted by atomic mass is 16.3. The van der Waals surface area contributed by atoms with E-state index in [2.05, 4.69) is 15.5 Å². The van der Waals surface area contributed by atoms with Crippen molar-refractivity contribution in [2.24, 2.45) is 0 Å². The lowest BCUT2D eigenvalue weighted by Crippen LogP contribution is -2.29. The SMILES string of the molecule is O=C(Cc1n[nH]c(=O)c2c1CCCC2)NCCCCCCO. The molecule has 1 aliphatic rings. The summed E-state index contributed by atoms with van der Waals surface area (Å²) in [6.45, 7) is 0.880. The molecule has 122 valence electrons. The molecule has 0 atom stereocenters. The fourth-order valence-corrected chi connectivity index (χ4v) is 2.91. The minimum atomic E-state index is -0.109. The van der Waals surface area contributed by atoms with E-state index in [0.717, 1.165) is 62.5 Å². The first-order chi connectivity index (χ1) is 10.7. The van der Waals surface area contributed by atoms with E-state index in [1.54, 1.807) is 0 Å². The Kier molecular flexibility index (Phi) is 6.58. The molecule has 0 saturated heterocycles. The van der Waals surface area contributed by atoms with Crippen LogP contribution in [0.3, 0.4) is 0 Å². The maximum atomic E-state index is 12.0. The van der Waals surface area contributed by atoms with Crippen LogP contribution in [-0.2, 0) is 24.1 Å². The minimum absolute atomic E-state index is 0.0468. The molecule has 1 amide bonds. The third kappa shape index (κ3) is 4.66. The number of aliphatic hydroxyl groups is 1. The van der Waals surface area contributed by atoms with E-state index < -0.39 is 0 Å². The van der Waals surface area contributed by atoms with Gasteiger partial charge in [0.05, 0.1) is 12.1 Å². The molecule has 1 heterocycles. The number of aliphatic hydroxyl groups excluding tert-OH is 1. The Morgan fingerprint density at radius 3 is 2.64 bits per heavy atom. The second kappa shape index (κ2) is 8.68. The van der Waals surface area contributed by atoms with Gasteiger partial charge in [-0.25, -0.2) is 5.10 Å². The van der Waals surface area contributed by atoms with Gasteiger partial charge in [-0.05, 0) is 44.1 Å². The highest BCUT2D eigenvalue weighted by molar-refractivity contribution is 5.78. The van der Waals surface area contributed by atoms with Crippen LogP contribution in [0.1, 0.15) is 55.3 Å². The summed E-state index contributed by atoms with van der Waals surface area (Å²) < 4.78 is 0. The normalized spacial score (nSPS) is 13.7. The van der Waals surface area contributed by atoms with Gasteiger partial charge in [0.15, 0.2) is 0 Å². The van der Waals surface area contributed by atoms with E-state index in [0.29, 0.717) is 12.2 Å². The number of nitrogens with one attached hydrogen (secondary N) is 2. The molecular weight excluding hydrogens is 282 g/mol. The zero-order chi connectivity index (χ0) is 15.8. The number of carbonyl (C=O) groups excluding carboxylic acids is 1. The summed E-state index contributed by atoms with van der Waals surface area (Å²) in [7, 11) is 0. The molecule has 0 unspecified atom stereocenters. The predicted octanol–water partition coefficient (Wildman–Crippen LogP) is 0.860. The van der Waals surface area contributed by atoms with Gasteiger partial charge in [0, 0.05) is 18.7 Å². The second-order valence-corrected chi connectivity index (χ2v) is 5.83. The standard InChI is InChI=1S/C16H25N3O3/c20-10-6-2-1-5-9-17-15(21)11-14-12-7-3-4-8-13(12)16(22)19-18-14/h20H,1-11H2,(H,17,21)(H,19,22). The molecule has 1 aromatic rings. The van der Waals surface area contributed by atoms with Gasteiger partial charge in [0.25, 0.3) is 5.56 Å². The van der Waals surface area contributed by atoms with Crippen LogP contribution in [0, 0.1) is 0 Å². The highest BCUT2D eigenvalue weighted by Crippen LogP contribution is 2.20. The molecule has 0 radical (unpaired) electrons. The van der Waals surface area contributed by atoms with Crippen LogP contribution in [0.15, 0.2) is 4.79 Å². The third-order valence-electron chi connectivity index (χ3n) is 4.12. The van der Waals surface area contributed by atoms with Crippen LogP contribution in [-0.4, -0.2) is 34.4 Å². The maximum Gasteiger partial charge on any atom is 0.267 e. The summed E-state index contributed by atoms with van der Waals surface area (Å²) in [5.74, 6) is -0.0468. The van der Waals surface area contributed by atoms with Gasteiger partial charge in [0.2, 0.25) is 5.91 Å². The molecule has 3 N–H and O–H groups in total. The monoisotopic (exact) mass is 307 g/mol. The van der Waals surface area contributed by atoms with E-state index in [1.165, 1.54) is 0 Å². The van der Waals surface area contributed by atoms with E-state index in [-0.39, 0.29) is 24.5 Å². The summed E-state index contributed by atoms with van der Waals surface area (Å²) in [6, 6.07) is 0. The summed E-state index contributed by atoms with van der Waals surface area (Å²) in [5, 5.41) is 18.2. The number of aromatic amines is 1. The van der Waals surface area contributed by atoms with Crippen LogP contribution < -0.4 is 10.9 Å². The summed E-state index contributed by atoms with van der Waals surface area (Å²) in [6.07, 6.45) is 7.68. The number of carbonyl (C=O) groups is 1. The van der Waals surface area contributed by atoms with Gasteiger partial charge in [0.1, 0.15) is 0 Å². The fourth-order valence-electron chi connectivity index (χ4n) is 2.91. The van der Waals surface area contributed by atoms with Crippen molar-refractivity contribution in [3.8, 4) is 0 Å². The van der Waals surface area contributed by atoms with Crippen LogP contribution in [0.5, 0.6) is 0 Å². The number of rotatable bonds is 8. The van der Waals surface area contributed by atoms with Crippen molar-refractivity contribution in [3.63, 3.8) is 0 Å². The van der Waals surface area contributed by atoms with Gasteiger partial charge in [-0.3, -0.25) is 9.59 Å². The summed E-state index contributed by atoms with van der Waals surface area (Å²) >= 11 is 0. The van der Waals surface area contributed by atoms with Gasteiger partial charge in [-0.2, -0.15) is 5.10 Å². The Morgan fingerprint density at radius 1 is 1.14 bits per heavy atom. The average Bonchev–Trinajstić information content (AvgIpc) is 2.54. The predicted molar refractivity (Wildman–Crippen MR) is 83.8 cm³/mol. The number of fused-ring (bicyclic) bond motifs is 1. The first kappa shape index (κ1) is 16.7. The van der Waals surface area contributed by atoms with Crippen LogP contribution in [0.2, 0.25) is 0 Å². The number of H-pyrrole nitrogens is 1. The van der Waals surface area contributed by atoms with E-state index in [1.807, 2.05) is 0 Å². The maximum absolute atomic E-state index is 12.0. The van der Waals surface area contributed by atoms with E-state index in [4.69, 9.17) is 5.11 Å². The quantitative estimate of drug-likeness (QED) is 0.621. The lowest BCUT2D eigenvalue weighted by atomic mass is 9.91. The molecule has 6 heteroatoms. The number of aromatic nitrogens is 2. The van der Waals surface area contributed by atoms with Crippen molar-refractivity contribution in [1.29, 1.82) is 0 Å². The molecule has 0 bridgehead atoms. The van der Waals surface area contributed by atoms with Crippen molar-refractivity contribution in [3.05, 3.63) is 27.2 Å². The summed E-state index contributed by atoms with van der Waals surface area (Å²) in [5.41, 5.74) is 2.40. The first-order valence-corrected chi connectivity index (χ1v) is 8.19. The Hall–Kier alpha value is -1.69. The molecule has 1 aromatic heterocycles. The van der Waals surface area contributed by atoms with E-state index >= 15 is 0 Å².